The molecule has 9 nitrogen and oxygen atoms in total. The number of carbonyl (C=O) groups is 1. The van der Waals surface area contributed by atoms with Crippen LogP contribution in [0.3, 0.4) is 0 Å². The second-order valence-electron chi connectivity index (χ2n) is 7.49. The van der Waals surface area contributed by atoms with E-state index in [4.69, 9.17) is 9.84 Å². The summed E-state index contributed by atoms with van der Waals surface area (Å²) in [5.74, 6) is 1.65. The molecule has 0 radical (unpaired) electrons. The fourth-order valence-electron chi connectivity index (χ4n) is 3.12. The summed E-state index contributed by atoms with van der Waals surface area (Å²) in [6, 6.07) is 3.93. The Kier molecular flexibility index (Phi) is 7.16. The largest absolute Gasteiger partial charge is 0.379 e. The minimum Gasteiger partial charge on any atom is -0.379 e. The van der Waals surface area contributed by atoms with Crippen LogP contribution in [-0.4, -0.2) is 83.1 Å². The van der Waals surface area contributed by atoms with Gasteiger partial charge in [-0.25, -0.2) is 0 Å². The van der Waals surface area contributed by atoms with E-state index < -0.39 is 0 Å². The summed E-state index contributed by atoms with van der Waals surface area (Å²) in [5, 5.41) is 16.0. The molecule has 28 heavy (non-hydrogen) atoms. The standard InChI is InChI=1S/C19H31N7O2/c1-15(2)28-14-4-9-20-19(27)8-7-17-22-21-16-5-6-18(23-26(16)17)25-12-10-24(3)11-13-25/h5-6,15H,4,7-14H2,1-3H3,(H,20,27). The Bertz CT molecular complexity index is 769. The summed E-state index contributed by atoms with van der Waals surface area (Å²) in [7, 11) is 2.13. The van der Waals surface area contributed by atoms with Gasteiger partial charge in [-0.05, 0) is 39.4 Å². The van der Waals surface area contributed by atoms with Crippen molar-refractivity contribution >= 4 is 17.4 Å². The Morgan fingerprint density at radius 1 is 1.21 bits per heavy atom. The average Bonchev–Trinajstić information content (AvgIpc) is 3.08. The van der Waals surface area contributed by atoms with Crippen molar-refractivity contribution < 1.29 is 9.53 Å². The highest BCUT2D eigenvalue weighted by Gasteiger charge is 2.17. The lowest BCUT2D eigenvalue weighted by Gasteiger charge is -2.33. The molecule has 1 N–H and O–H groups in total. The number of nitrogens with one attached hydrogen (secondary N) is 1. The van der Waals surface area contributed by atoms with Gasteiger partial charge in [0.15, 0.2) is 11.5 Å². The molecule has 0 saturated carbocycles. The Hall–Kier alpha value is -2.26. The van der Waals surface area contributed by atoms with Gasteiger partial charge in [0.05, 0.1) is 6.10 Å². The minimum absolute atomic E-state index is 0.0107. The second-order valence-corrected chi connectivity index (χ2v) is 7.49. The van der Waals surface area contributed by atoms with Crippen molar-refractivity contribution in [2.75, 3.05) is 51.3 Å². The van der Waals surface area contributed by atoms with Crippen LogP contribution in [0.25, 0.3) is 5.65 Å². The molecule has 2 aromatic heterocycles. The van der Waals surface area contributed by atoms with Gasteiger partial charge in [-0.2, -0.15) is 4.52 Å². The first-order valence-electron chi connectivity index (χ1n) is 10.1. The van der Waals surface area contributed by atoms with Gasteiger partial charge in [0.2, 0.25) is 5.91 Å². The molecule has 3 rings (SSSR count). The van der Waals surface area contributed by atoms with Crippen molar-refractivity contribution in [2.24, 2.45) is 0 Å². The van der Waals surface area contributed by atoms with E-state index in [0.717, 1.165) is 38.4 Å². The van der Waals surface area contributed by atoms with Gasteiger partial charge >= 0.3 is 0 Å². The van der Waals surface area contributed by atoms with E-state index in [1.807, 2.05) is 26.0 Å². The first kappa shape index (κ1) is 20.5. The van der Waals surface area contributed by atoms with E-state index >= 15 is 0 Å². The lowest BCUT2D eigenvalue weighted by atomic mass is 10.3. The number of piperazine rings is 1. The molecule has 1 fully saturated rings. The lowest BCUT2D eigenvalue weighted by Crippen LogP contribution is -2.45. The maximum Gasteiger partial charge on any atom is 0.220 e. The first-order chi connectivity index (χ1) is 13.5. The van der Waals surface area contributed by atoms with Gasteiger partial charge in [0.25, 0.3) is 0 Å². The molecule has 1 amide bonds. The second kappa shape index (κ2) is 9.79. The summed E-state index contributed by atoms with van der Waals surface area (Å²) in [5.41, 5.74) is 0.708. The zero-order chi connectivity index (χ0) is 19.9. The number of carbonyl (C=O) groups excluding carboxylic acids is 1. The van der Waals surface area contributed by atoms with Crippen LogP contribution in [0.15, 0.2) is 12.1 Å². The molecule has 2 aromatic rings. The zero-order valence-electron chi connectivity index (χ0n) is 17.1. The minimum atomic E-state index is 0.0107. The van der Waals surface area contributed by atoms with Gasteiger partial charge in [-0.3, -0.25) is 4.79 Å². The number of anilines is 1. The zero-order valence-corrected chi connectivity index (χ0v) is 17.1. The normalized spacial score (nSPS) is 15.5. The van der Waals surface area contributed by atoms with Gasteiger partial charge in [0, 0.05) is 52.2 Å². The van der Waals surface area contributed by atoms with Crippen molar-refractivity contribution in [3.05, 3.63) is 18.0 Å². The summed E-state index contributed by atoms with van der Waals surface area (Å²) in [6.07, 6.45) is 1.91. The van der Waals surface area contributed by atoms with Crippen LogP contribution in [0, 0.1) is 0 Å². The van der Waals surface area contributed by atoms with E-state index in [9.17, 15) is 4.79 Å². The maximum absolute atomic E-state index is 12.1. The van der Waals surface area contributed by atoms with Crippen LogP contribution in [0.1, 0.15) is 32.5 Å². The smallest absolute Gasteiger partial charge is 0.220 e. The van der Waals surface area contributed by atoms with Crippen molar-refractivity contribution in [3.8, 4) is 0 Å². The molecule has 0 atom stereocenters. The van der Waals surface area contributed by atoms with Crippen molar-refractivity contribution in [1.29, 1.82) is 0 Å². The number of likely N-dealkylation sites (N-methyl/N-ethyl adjacent to an activating group) is 1. The maximum atomic E-state index is 12.1. The van der Waals surface area contributed by atoms with Crippen LogP contribution in [0.5, 0.6) is 0 Å². The van der Waals surface area contributed by atoms with Crippen molar-refractivity contribution in [2.45, 2.75) is 39.2 Å². The number of hydrogen-bond donors (Lipinski definition) is 1. The monoisotopic (exact) mass is 389 g/mol. The highest BCUT2D eigenvalue weighted by molar-refractivity contribution is 5.76. The Morgan fingerprint density at radius 2 is 2.00 bits per heavy atom. The van der Waals surface area contributed by atoms with E-state index in [0.29, 0.717) is 37.5 Å². The average molecular weight is 390 g/mol. The Balaban J connectivity index is 1.52. The first-order valence-corrected chi connectivity index (χ1v) is 10.1. The molecule has 0 aliphatic carbocycles. The van der Waals surface area contributed by atoms with Crippen LogP contribution >= 0.6 is 0 Å². The van der Waals surface area contributed by atoms with Crippen LogP contribution < -0.4 is 10.2 Å². The number of amides is 1. The third-order valence-corrected chi connectivity index (χ3v) is 4.81. The number of aryl methyl sites for hydroxylation is 1. The number of rotatable bonds is 9. The predicted octanol–water partition coefficient (Wildman–Crippen LogP) is 0.740. The fraction of sp³-hybridized carbons (Fsp3) is 0.684. The third kappa shape index (κ3) is 5.62. The highest BCUT2D eigenvalue weighted by Crippen LogP contribution is 2.14. The lowest BCUT2D eigenvalue weighted by molar-refractivity contribution is -0.121. The quantitative estimate of drug-likeness (QED) is 0.633. The molecule has 154 valence electrons. The van der Waals surface area contributed by atoms with E-state index in [2.05, 4.69) is 32.4 Å². The fourth-order valence-corrected chi connectivity index (χ4v) is 3.12. The molecule has 3 heterocycles. The van der Waals surface area contributed by atoms with Crippen molar-refractivity contribution in [3.63, 3.8) is 0 Å². The van der Waals surface area contributed by atoms with Gasteiger partial charge in [0.1, 0.15) is 5.82 Å². The molecular formula is C19H31N7O2. The summed E-state index contributed by atoms with van der Waals surface area (Å²) in [6.45, 7) is 9.25. The SMILES string of the molecule is CC(C)OCCCNC(=O)CCc1nnc2ccc(N3CCN(C)CC3)nn12. The highest BCUT2D eigenvalue weighted by atomic mass is 16.5. The van der Waals surface area contributed by atoms with Gasteiger partial charge in [-0.1, -0.05) is 0 Å². The number of aromatic nitrogens is 4. The molecular weight excluding hydrogens is 358 g/mol. The summed E-state index contributed by atoms with van der Waals surface area (Å²) < 4.78 is 7.23. The molecule has 0 spiro atoms. The molecule has 1 saturated heterocycles. The number of ether oxygens (including phenoxy) is 1. The molecule has 1 aliphatic rings. The van der Waals surface area contributed by atoms with Gasteiger partial charge in [-0.15, -0.1) is 15.3 Å². The molecule has 9 heteroatoms. The third-order valence-electron chi connectivity index (χ3n) is 4.81. The number of nitrogens with zero attached hydrogens (tertiary/aromatic N) is 6. The van der Waals surface area contributed by atoms with Crippen LogP contribution in [0.2, 0.25) is 0 Å². The number of hydrogen-bond acceptors (Lipinski definition) is 7. The van der Waals surface area contributed by atoms with E-state index in [-0.39, 0.29) is 12.0 Å². The Labute approximate surface area is 166 Å². The van der Waals surface area contributed by atoms with Gasteiger partial charge < -0.3 is 19.9 Å². The molecule has 1 aliphatic heterocycles. The van der Waals surface area contributed by atoms with E-state index in [1.165, 1.54) is 0 Å². The molecule has 0 bridgehead atoms. The van der Waals surface area contributed by atoms with Crippen molar-refractivity contribution in [1.82, 2.24) is 30.0 Å². The summed E-state index contributed by atoms with van der Waals surface area (Å²) in [4.78, 5) is 16.7. The molecule has 0 unspecified atom stereocenters. The predicted molar refractivity (Wildman–Crippen MR) is 108 cm³/mol. The van der Waals surface area contributed by atoms with Crippen LogP contribution in [0.4, 0.5) is 5.82 Å². The van der Waals surface area contributed by atoms with E-state index in [1.54, 1.807) is 4.52 Å². The topological polar surface area (TPSA) is 87.9 Å². The van der Waals surface area contributed by atoms with Crippen LogP contribution in [-0.2, 0) is 16.0 Å². The Morgan fingerprint density at radius 3 is 2.75 bits per heavy atom. The molecule has 0 aromatic carbocycles. The summed E-state index contributed by atoms with van der Waals surface area (Å²) >= 11 is 0. The number of fused-ring (bicyclic) bond motifs is 1.